The van der Waals surface area contributed by atoms with Crippen LogP contribution < -0.4 is 43.4 Å². The number of para-hydroxylation sites is 1. The molecule has 1 aliphatic rings. The van der Waals surface area contributed by atoms with Crippen molar-refractivity contribution in [1.29, 1.82) is 0 Å². The summed E-state index contributed by atoms with van der Waals surface area (Å²) in [6.07, 6.45) is 7.16. The molecule has 34 heteroatoms. The lowest BCUT2D eigenvalue weighted by Crippen LogP contribution is -2.53. The Hall–Kier alpha value is -9.77. The number of fused-ring (bicyclic) bond motifs is 1. The first-order valence-corrected chi connectivity index (χ1v) is 37.7. The van der Waals surface area contributed by atoms with Crippen molar-refractivity contribution in [3.05, 3.63) is 84.1 Å². The first-order chi connectivity index (χ1) is 51.3. The number of aliphatic carboxylic acids is 2. The summed E-state index contributed by atoms with van der Waals surface area (Å²) in [6, 6.07) is 8.21. The Morgan fingerprint density at radius 1 is 0.620 bits per heavy atom. The normalized spacial score (nSPS) is 15.3. The number of thioether (sulfide) groups is 1. The molecule has 0 unspecified atom stereocenters. The number of H-pyrrole nitrogens is 2. The molecule has 1 saturated heterocycles. The number of hydrogen-bond acceptors (Lipinski definition) is 22. The van der Waals surface area contributed by atoms with Crippen molar-refractivity contribution in [2.75, 3.05) is 96.0 Å². The lowest BCUT2D eigenvalue weighted by atomic mass is 9.88. The van der Waals surface area contributed by atoms with Crippen molar-refractivity contribution < 1.29 is 86.9 Å². The molecule has 0 bridgehead atoms. The van der Waals surface area contributed by atoms with E-state index in [2.05, 4.69) is 46.9 Å². The molecule has 0 spiro atoms. The van der Waals surface area contributed by atoms with Gasteiger partial charge in [-0.15, -0.1) is 0 Å². The Morgan fingerprint density at radius 3 is 1.76 bits per heavy atom. The van der Waals surface area contributed by atoms with E-state index in [9.17, 15) is 82.1 Å². The number of carboxylic acid groups (broad SMARTS) is 2. The maximum atomic E-state index is 14.1. The molecule has 108 heavy (non-hydrogen) atoms. The fraction of sp³-hybridized carbons (Fsp3) is 0.568. The number of primary amides is 2. The van der Waals surface area contributed by atoms with Gasteiger partial charge in [-0.3, -0.25) is 91.5 Å². The summed E-state index contributed by atoms with van der Waals surface area (Å²) >= 11 is 1.56. The topological polar surface area (TPSA) is 487 Å². The average Bonchev–Trinajstić information content (AvgIpc) is 1.59. The van der Waals surface area contributed by atoms with Gasteiger partial charge >= 0.3 is 11.9 Å². The van der Waals surface area contributed by atoms with Crippen molar-refractivity contribution in [1.82, 2.24) is 61.1 Å². The van der Waals surface area contributed by atoms with Crippen molar-refractivity contribution >= 4 is 117 Å². The summed E-state index contributed by atoms with van der Waals surface area (Å²) in [7, 11) is 0. The number of ketones is 4. The van der Waals surface area contributed by atoms with Crippen molar-refractivity contribution in [3.63, 3.8) is 0 Å². The van der Waals surface area contributed by atoms with E-state index in [4.69, 9.17) is 16.2 Å². The van der Waals surface area contributed by atoms with E-state index < -0.39 is 95.2 Å². The van der Waals surface area contributed by atoms with Gasteiger partial charge < -0.3 is 68.3 Å². The number of amides is 8. The number of aromatic amines is 2. The molecule has 1 aliphatic heterocycles. The van der Waals surface area contributed by atoms with E-state index in [1.165, 1.54) is 30.6 Å². The molecular weight excluding hydrogens is 1420 g/mol. The van der Waals surface area contributed by atoms with E-state index >= 15 is 0 Å². The number of ether oxygens (including phenoxy) is 1. The van der Waals surface area contributed by atoms with E-state index in [-0.39, 0.29) is 169 Å². The lowest BCUT2D eigenvalue weighted by molar-refractivity contribution is -0.139. The van der Waals surface area contributed by atoms with Crippen LogP contribution in [-0.4, -0.2) is 255 Å². The summed E-state index contributed by atoms with van der Waals surface area (Å²) in [4.78, 5) is 207. The number of nitrogens with zero attached hydrogens (tertiary/aromatic N) is 5. The van der Waals surface area contributed by atoms with Gasteiger partial charge in [0, 0.05) is 162 Å². The number of anilines is 1. The van der Waals surface area contributed by atoms with Gasteiger partial charge in [0.05, 0.1) is 44.1 Å². The number of aromatic nitrogens is 3. The number of nitrogens with one attached hydrogen (secondary N) is 8. The fourth-order valence-corrected chi connectivity index (χ4v) is 12.4. The molecule has 14 N–H and O–H groups in total. The third-order valence-electron chi connectivity index (χ3n) is 18.0. The van der Waals surface area contributed by atoms with Crippen LogP contribution in [0.1, 0.15) is 134 Å². The van der Waals surface area contributed by atoms with Crippen molar-refractivity contribution in [2.45, 2.75) is 156 Å². The van der Waals surface area contributed by atoms with Crippen molar-refractivity contribution in [2.24, 2.45) is 35.1 Å². The lowest BCUT2D eigenvalue weighted by Gasteiger charge is -2.32. The van der Waals surface area contributed by atoms with Crippen LogP contribution in [0.3, 0.4) is 0 Å². The van der Waals surface area contributed by atoms with Gasteiger partial charge in [0.25, 0.3) is 12.4 Å². The van der Waals surface area contributed by atoms with E-state index in [0.29, 0.717) is 62.5 Å². The number of carbonyl (C=O) groups is 15. The maximum Gasteiger partial charge on any atom is 0.317 e. The number of hydrogen-bond donors (Lipinski definition) is 12. The molecule has 5 rings (SSSR count). The fourth-order valence-electron chi connectivity index (χ4n) is 11.9. The van der Waals surface area contributed by atoms with Crippen LogP contribution in [0.4, 0.5) is 5.69 Å². The Morgan fingerprint density at radius 2 is 1.21 bits per heavy atom. The minimum Gasteiger partial charge on any atom is -0.480 e. The Bertz CT molecular complexity index is 3610. The average molecular weight is 1530 g/mol. The summed E-state index contributed by atoms with van der Waals surface area (Å²) in [6.45, 7) is 14.4. The number of carbonyl (C=O) groups excluding carboxylic acids is 13. The van der Waals surface area contributed by atoms with Crippen LogP contribution in [0.15, 0.2) is 67.3 Å². The first-order valence-electron chi connectivity index (χ1n) is 36.3. The molecule has 0 saturated carbocycles. The van der Waals surface area contributed by atoms with E-state index in [1.807, 2.05) is 58.2 Å². The molecule has 2 aromatic carbocycles. The first kappa shape index (κ1) is 90.6. The molecule has 3 heterocycles. The highest BCUT2D eigenvalue weighted by atomic mass is 32.2. The number of nitrogens with two attached hydrogens (primary N) is 2. The molecule has 33 nitrogen and oxygen atoms in total. The van der Waals surface area contributed by atoms with Gasteiger partial charge in [-0.05, 0) is 79.0 Å². The number of rotatable bonds is 45. The van der Waals surface area contributed by atoms with Gasteiger partial charge in [-0.25, -0.2) is 4.98 Å². The van der Waals surface area contributed by atoms with Gasteiger partial charge in [0.1, 0.15) is 24.6 Å². The van der Waals surface area contributed by atoms with Gasteiger partial charge in [-0.1, -0.05) is 66.7 Å². The molecule has 7 atom stereocenters. The molecule has 8 amide bonds. The Balaban J connectivity index is 0.000000662. The zero-order chi connectivity index (χ0) is 80.0. The zero-order valence-corrected chi connectivity index (χ0v) is 63.8. The van der Waals surface area contributed by atoms with Crippen LogP contribution in [0.5, 0.6) is 0 Å². The number of carboxylic acids is 2. The second-order valence-corrected chi connectivity index (χ2v) is 28.5. The summed E-state index contributed by atoms with van der Waals surface area (Å²) in [5, 5.41) is 36.2. The summed E-state index contributed by atoms with van der Waals surface area (Å²) in [5.74, 6) is -8.58. The predicted molar refractivity (Wildman–Crippen MR) is 403 cm³/mol. The second-order valence-electron chi connectivity index (χ2n) is 27.6. The molecule has 1 fully saturated rings. The third-order valence-corrected chi connectivity index (χ3v) is 18.7. The zero-order valence-electron chi connectivity index (χ0n) is 63.0. The summed E-state index contributed by atoms with van der Waals surface area (Å²) < 4.78 is 4.91. The SMILES string of the molecule is CCC(=O)N[C@@H](Cc1cnc[nH]1)C(=O)C[C@@H](CC(C)C)C(=O)N[C@@H](CCSC)C(N)=O.CCC(=O)[C@@H](NC(=O)[C@H](C)CC(=O)[C@H](Cc1c[nH]c2ccccc12)NC(=O)[C@H](CCC(N)=O)NC(=O)c1ccc(NC(=O)CCC(=O)CN2CCN(CC(=O)O)CCN(COC=O)CCN(CC(=O)O)CC2)cc1)C(C)C. The van der Waals surface area contributed by atoms with Crippen LogP contribution >= 0.6 is 11.8 Å². The Kier molecular flexibility index (Phi) is 40.1. The van der Waals surface area contributed by atoms with Gasteiger partial charge in [-0.2, -0.15) is 11.8 Å². The van der Waals surface area contributed by atoms with Crippen molar-refractivity contribution in [3.8, 4) is 0 Å². The highest BCUT2D eigenvalue weighted by Crippen LogP contribution is 2.23. The van der Waals surface area contributed by atoms with Gasteiger partial charge in [0.2, 0.25) is 41.4 Å². The minimum atomic E-state index is -1.35. The molecule has 594 valence electrons. The highest BCUT2D eigenvalue weighted by Gasteiger charge is 2.34. The highest BCUT2D eigenvalue weighted by molar-refractivity contribution is 7.98. The van der Waals surface area contributed by atoms with Gasteiger partial charge in [0.15, 0.2) is 17.3 Å². The third kappa shape index (κ3) is 33.6. The quantitative estimate of drug-likeness (QED) is 0.0282. The van der Waals surface area contributed by atoms with Crippen LogP contribution in [0.2, 0.25) is 0 Å². The minimum absolute atomic E-state index is 0.00853. The Labute approximate surface area is 633 Å². The van der Waals surface area contributed by atoms with Crippen LogP contribution in [0.25, 0.3) is 10.9 Å². The number of Topliss-reactive ketones (excluding diaryl/α,β-unsaturated/α-hetero) is 4. The number of imidazole rings is 1. The number of benzene rings is 2. The smallest absolute Gasteiger partial charge is 0.317 e. The molecule has 0 radical (unpaired) electrons. The van der Waals surface area contributed by atoms with E-state index in [1.54, 1.807) is 64.5 Å². The molecule has 2 aromatic heterocycles. The van der Waals surface area contributed by atoms with E-state index in [0.717, 1.165) is 10.9 Å². The monoisotopic (exact) mass is 1530 g/mol. The standard InChI is InChI=1S/C53H74N10O14.C21H35N5O4S/c1-5-44(66)50(34(2)3)59-51(74)35(4)26-45(67)43(27-37-28-55-41-9-7-6-8-40(37)41)58-53(76)42(15-16-46(54)68)57-52(75)36-10-12-38(13-11-36)56-47(69)17-14-39(65)29-60-18-20-61(30-48(70)71)22-24-63(32-77-33-64)25-23-62(21-19-60)31-49(72)73;1-5-19(28)25-17(10-15-11-23-12-24-15)18(27)9-14(8-13(2)3)21(30)26-16(20(22)29)6-7-31-4/h6-13,28,33-35,42-43,50,55H,5,14-27,29-32H2,1-4H3,(H2,54,68)(H,56,69)(H,57,75)(H,58,76)(H,59,74)(H,70,71)(H,72,73);11-14,16-17H,5-10H2,1-4H3,(H2,22,29)(H,23,24)(H,25,28)(H,26,30)/t35-,42+,43+,50+;14-,16+,17+/m11/s1. The second kappa shape index (κ2) is 47.8. The molecule has 4 aromatic rings. The van der Waals surface area contributed by atoms with Crippen LogP contribution in [-0.2, 0) is 84.7 Å². The largest absolute Gasteiger partial charge is 0.480 e. The predicted octanol–water partition coefficient (Wildman–Crippen LogP) is 1.98. The molecular formula is C74H109N15O18S. The van der Waals surface area contributed by atoms with Crippen LogP contribution in [0, 0.1) is 23.7 Å². The maximum absolute atomic E-state index is 14.1. The summed E-state index contributed by atoms with van der Waals surface area (Å²) in [5.41, 5.74) is 13.4. The molecule has 0 aliphatic carbocycles.